The van der Waals surface area contributed by atoms with Gasteiger partial charge in [0.25, 0.3) is 5.92 Å². The summed E-state index contributed by atoms with van der Waals surface area (Å²) in [5.41, 5.74) is 1.94. The summed E-state index contributed by atoms with van der Waals surface area (Å²) in [6.45, 7) is 4.95. The molecule has 166 valence electrons. The lowest BCUT2D eigenvalue weighted by molar-refractivity contribution is -0.129. The Bertz CT molecular complexity index is 928. The van der Waals surface area contributed by atoms with Gasteiger partial charge in [0.15, 0.2) is 0 Å². The second kappa shape index (κ2) is 8.72. The minimum absolute atomic E-state index is 0.0876. The maximum atomic E-state index is 13.8. The van der Waals surface area contributed by atoms with Crippen LogP contribution in [0.2, 0.25) is 0 Å². The summed E-state index contributed by atoms with van der Waals surface area (Å²) in [6, 6.07) is 3.88. The van der Waals surface area contributed by atoms with Gasteiger partial charge >= 0.3 is 0 Å². The maximum absolute atomic E-state index is 13.8. The number of alkyl halides is 2. The molecular weight excluding hydrogens is 402 g/mol. The highest BCUT2D eigenvalue weighted by atomic mass is 19.3. The lowest BCUT2D eigenvalue weighted by atomic mass is 9.89. The van der Waals surface area contributed by atoms with Gasteiger partial charge in [0.1, 0.15) is 17.5 Å². The highest BCUT2D eigenvalue weighted by Crippen LogP contribution is 2.35. The van der Waals surface area contributed by atoms with E-state index in [1.165, 1.54) is 0 Å². The van der Waals surface area contributed by atoms with Gasteiger partial charge in [0, 0.05) is 33.0 Å². The number of carbonyl (C=O) groups excluding carboxylic acids is 1. The first-order chi connectivity index (χ1) is 14.8. The van der Waals surface area contributed by atoms with E-state index in [1.54, 1.807) is 24.2 Å². The molecule has 2 aliphatic heterocycles. The number of aromatic nitrogens is 3. The van der Waals surface area contributed by atoms with Crippen molar-refractivity contribution >= 4 is 23.4 Å². The van der Waals surface area contributed by atoms with E-state index in [0.717, 1.165) is 30.5 Å². The summed E-state index contributed by atoms with van der Waals surface area (Å²) in [5.74, 6) is -0.691. The van der Waals surface area contributed by atoms with Crippen LogP contribution in [0.1, 0.15) is 50.3 Å². The molecule has 2 fully saturated rings. The fourth-order valence-electron chi connectivity index (χ4n) is 4.19. The average molecular weight is 431 g/mol. The predicted octanol–water partition coefficient (Wildman–Crippen LogP) is 3.75. The molecule has 0 radical (unpaired) electrons. The quantitative estimate of drug-likeness (QED) is 0.779. The monoisotopic (exact) mass is 430 g/mol. The number of anilines is 3. The summed E-state index contributed by atoms with van der Waals surface area (Å²) in [4.78, 5) is 28.5. The summed E-state index contributed by atoms with van der Waals surface area (Å²) < 4.78 is 27.7. The number of carbonyl (C=O) groups is 1. The van der Waals surface area contributed by atoms with Gasteiger partial charge in [-0.25, -0.2) is 18.7 Å². The van der Waals surface area contributed by atoms with Gasteiger partial charge < -0.3 is 15.1 Å². The Morgan fingerprint density at radius 3 is 2.52 bits per heavy atom. The smallest absolute Gasteiger partial charge is 0.266 e. The Morgan fingerprint density at radius 1 is 1.16 bits per heavy atom. The molecule has 31 heavy (non-hydrogen) atoms. The zero-order valence-electron chi connectivity index (χ0n) is 17.9. The number of hydrogen-bond acceptors (Lipinski definition) is 6. The van der Waals surface area contributed by atoms with Crippen LogP contribution in [0.5, 0.6) is 0 Å². The van der Waals surface area contributed by atoms with Crippen LogP contribution in [0.15, 0.2) is 24.5 Å². The normalized spacial score (nSPS) is 19.0. The van der Waals surface area contributed by atoms with Crippen LogP contribution >= 0.6 is 0 Å². The molecule has 0 aliphatic carbocycles. The topological polar surface area (TPSA) is 74.2 Å². The molecular formula is C22H28F2N6O. The van der Waals surface area contributed by atoms with Crippen LogP contribution < -0.4 is 10.2 Å². The highest BCUT2D eigenvalue weighted by molar-refractivity contribution is 5.73. The Hall–Kier alpha value is -2.84. The third-order valence-electron chi connectivity index (χ3n) is 6.06. The van der Waals surface area contributed by atoms with Crippen molar-refractivity contribution in [1.82, 2.24) is 19.9 Å². The average Bonchev–Trinajstić information content (AvgIpc) is 3.14. The predicted molar refractivity (Wildman–Crippen MR) is 115 cm³/mol. The van der Waals surface area contributed by atoms with Crippen molar-refractivity contribution in [3.05, 3.63) is 35.8 Å². The Morgan fingerprint density at radius 2 is 1.94 bits per heavy atom. The molecule has 0 unspecified atom stereocenters. The molecule has 0 spiro atoms. The number of piperidine rings is 1. The molecule has 0 aromatic carbocycles. The van der Waals surface area contributed by atoms with Crippen molar-refractivity contribution in [3.63, 3.8) is 0 Å². The minimum atomic E-state index is -2.69. The molecule has 0 atom stereocenters. The first kappa shape index (κ1) is 21.4. The van der Waals surface area contributed by atoms with Crippen molar-refractivity contribution in [2.45, 2.75) is 51.4 Å². The third-order valence-corrected chi connectivity index (χ3v) is 6.06. The summed E-state index contributed by atoms with van der Waals surface area (Å²) in [6.07, 6.45) is 5.68. The van der Waals surface area contributed by atoms with Gasteiger partial charge in [0.2, 0.25) is 5.91 Å². The van der Waals surface area contributed by atoms with Gasteiger partial charge in [-0.05, 0) is 42.9 Å². The van der Waals surface area contributed by atoms with Gasteiger partial charge in [-0.15, -0.1) is 0 Å². The Balaban J connectivity index is 1.60. The van der Waals surface area contributed by atoms with Gasteiger partial charge in [0.05, 0.1) is 24.6 Å². The number of nitrogens with one attached hydrogen (secondary N) is 1. The third kappa shape index (κ3) is 5.08. The molecule has 7 nitrogen and oxygen atoms in total. The van der Waals surface area contributed by atoms with E-state index in [2.05, 4.69) is 20.3 Å². The first-order valence-electron chi connectivity index (χ1n) is 10.8. The number of nitrogens with zero attached hydrogens (tertiary/aromatic N) is 5. The van der Waals surface area contributed by atoms with Crippen LogP contribution in [0.4, 0.5) is 26.2 Å². The van der Waals surface area contributed by atoms with E-state index in [-0.39, 0.29) is 31.3 Å². The SMILES string of the molecule is CCc1cnc(Nc2cc(C3CCN(C(C)=O)CC3)cc(N3CCC(F)(F)C3)n2)cn1. The second-order valence-electron chi connectivity index (χ2n) is 8.32. The molecule has 0 bridgehead atoms. The molecule has 9 heteroatoms. The van der Waals surface area contributed by atoms with Gasteiger partial charge in [-0.3, -0.25) is 9.78 Å². The maximum Gasteiger partial charge on any atom is 0.266 e. The molecule has 2 aliphatic rings. The summed E-state index contributed by atoms with van der Waals surface area (Å²) in [5, 5.41) is 3.18. The lowest BCUT2D eigenvalue weighted by Crippen LogP contribution is -2.36. The minimum Gasteiger partial charge on any atom is -0.350 e. The van der Waals surface area contributed by atoms with E-state index < -0.39 is 5.92 Å². The zero-order chi connectivity index (χ0) is 22.0. The number of aryl methyl sites for hydroxylation is 1. The van der Waals surface area contributed by atoms with Crippen LogP contribution in [0.3, 0.4) is 0 Å². The van der Waals surface area contributed by atoms with Crippen molar-refractivity contribution < 1.29 is 13.6 Å². The molecule has 1 N–H and O–H groups in total. The number of rotatable bonds is 5. The molecule has 4 rings (SSSR count). The number of halogens is 2. The zero-order valence-corrected chi connectivity index (χ0v) is 17.9. The fraction of sp³-hybridized carbons (Fsp3) is 0.545. The highest BCUT2D eigenvalue weighted by Gasteiger charge is 2.39. The van der Waals surface area contributed by atoms with E-state index in [4.69, 9.17) is 0 Å². The lowest BCUT2D eigenvalue weighted by Gasteiger charge is -2.32. The van der Waals surface area contributed by atoms with Gasteiger partial charge in [-0.1, -0.05) is 6.92 Å². The first-order valence-corrected chi connectivity index (χ1v) is 10.8. The largest absolute Gasteiger partial charge is 0.350 e. The van der Waals surface area contributed by atoms with Crippen LogP contribution in [0, 0.1) is 0 Å². The second-order valence-corrected chi connectivity index (χ2v) is 8.32. The number of pyridine rings is 1. The molecule has 2 aromatic heterocycles. The molecule has 2 saturated heterocycles. The summed E-state index contributed by atoms with van der Waals surface area (Å²) >= 11 is 0. The van der Waals surface area contributed by atoms with E-state index in [9.17, 15) is 13.6 Å². The number of likely N-dealkylation sites (tertiary alicyclic amines) is 1. The summed E-state index contributed by atoms with van der Waals surface area (Å²) in [7, 11) is 0. The van der Waals surface area contributed by atoms with Crippen LogP contribution in [-0.4, -0.2) is 57.9 Å². The Labute approximate surface area is 180 Å². The number of amides is 1. The fourth-order valence-corrected chi connectivity index (χ4v) is 4.19. The standard InChI is InChI=1S/C22H28F2N6O/c1-3-18-12-26-20(13-25-18)27-19-10-17(16-4-7-29(8-5-16)15(2)31)11-21(28-19)30-9-6-22(23,24)14-30/h10-13,16H,3-9,14H2,1-2H3,(H,26,27,28). The molecule has 1 amide bonds. The van der Waals surface area contributed by atoms with Crippen molar-refractivity contribution in [2.75, 3.05) is 36.4 Å². The number of hydrogen-bond donors (Lipinski definition) is 1. The van der Waals surface area contributed by atoms with E-state index in [1.807, 2.05) is 24.0 Å². The van der Waals surface area contributed by atoms with Crippen molar-refractivity contribution in [1.29, 1.82) is 0 Å². The van der Waals surface area contributed by atoms with Crippen molar-refractivity contribution in [2.24, 2.45) is 0 Å². The van der Waals surface area contributed by atoms with Crippen LogP contribution in [0.25, 0.3) is 0 Å². The van der Waals surface area contributed by atoms with Crippen molar-refractivity contribution in [3.8, 4) is 0 Å². The van der Waals surface area contributed by atoms with Gasteiger partial charge in [-0.2, -0.15) is 0 Å². The van der Waals surface area contributed by atoms with Crippen LogP contribution in [-0.2, 0) is 11.2 Å². The molecule has 2 aromatic rings. The van der Waals surface area contributed by atoms with E-state index in [0.29, 0.717) is 30.5 Å². The Kier molecular flexibility index (Phi) is 6.02. The molecule has 4 heterocycles. The molecule has 0 saturated carbocycles. The van der Waals surface area contributed by atoms with E-state index >= 15 is 0 Å².